The van der Waals surface area contributed by atoms with E-state index in [1.54, 1.807) is 48.5 Å². The van der Waals surface area contributed by atoms with Crippen LogP contribution < -0.4 is 4.31 Å². The second kappa shape index (κ2) is 12.1. The summed E-state index contributed by atoms with van der Waals surface area (Å²) in [6, 6.07) is 20.2. The van der Waals surface area contributed by atoms with E-state index in [0.717, 1.165) is 29.1 Å². The molecule has 1 saturated heterocycles. The molecular weight excluding hydrogens is 514 g/mol. The third-order valence-electron chi connectivity index (χ3n) is 5.75. The van der Waals surface area contributed by atoms with Crippen molar-refractivity contribution >= 4 is 23.8 Å². The molecule has 0 spiro atoms. The van der Waals surface area contributed by atoms with Crippen molar-refractivity contribution in [3.8, 4) is 23.4 Å². The maximum atomic E-state index is 13.8. The van der Waals surface area contributed by atoms with Crippen LogP contribution in [0.2, 0.25) is 19.6 Å². The summed E-state index contributed by atoms with van der Waals surface area (Å²) in [7, 11) is -5.72. The van der Waals surface area contributed by atoms with Crippen LogP contribution in [0.25, 0.3) is 0 Å². The Morgan fingerprint density at radius 3 is 2.47 bits per heavy atom. The van der Waals surface area contributed by atoms with Gasteiger partial charge in [-0.25, -0.2) is 8.42 Å². The van der Waals surface area contributed by atoms with Crippen LogP contribution in [0.4, 0.5) is 5.69 Å². The number of para-hydroxylation sites is 1. The summed E-state index contributed by atoms with van der Waals surface area (Å²) in [4.78, 5) is 0.145. The number of hydrogen-bond donors (Lipinski definition) is 0. The summed E-state index contributed by atoms with van der Waals surface area (Å²) >= 11 is 0. The van der Waals surface area contributed by atoms with Crippen LogP contribution in [0, 0.1) is 30.4 Å². The lowest BCUT2D eigenvalue weighted by Crippen LogP contribution is -2.27. The molecule has 1 aliphatic heterocycles. The Labute approximate surface area is 227 Å². The maximum Gasteiger partial charge on any atom is 0.275 e. The third-order valence-corrected chi connectivity index (χ3v) is 8.26. The van der Waals surface area contributed by atoms with E-state index in [4.69, 9.17) is 13.9 Å². The summed E-state index contributed by atoms with van der Waals surface area (Å²) < 4.78 is 45.9. The topological polar surface area (TPSA) is 69.0 Å². The van der Waals surface area contributed by atoms with Crippen molar-refractivity contribution in [3.63, 3.8) is 0 Å². The molecule has 8 heteroatoms. The van der Waals surface area contributed by atoms with Crippen LogP contribution in [0.3, 0.4) is 0 Å². The van der Waals surface area contributed by atoms with Crippen LogP contribution in [-0.2, 0) is 26.1 Å². The van der Waals surface area contributed by atoms with Crippen molar-refractivity contribution in [1.82, 2.24) is 0 Å². The van der Waals surface area contributed by atoms with Crippen LogP contribution in [-0.4, -0.2) is 29.4 Å². The summed E-state index contributed by atoms with van der Waals surface area (Å²) in [6.45, 7) is 9.29. The first-order valence-corrected chi connectivity index (χ1v) is 17.6. The summed E-state index contributed by atoms with van der Waals surface area (Å²) in [5, 5.41) is 0. The van der Waals surface area contributed by atoms with Gasteiger partial charge in [-0.05, 0) is 68.5 Å². The lowest BCUT2D eigenvalue weighted by atomic mass is 10.2. The lowest BCUT2D eigenvalue weighted by molar-refractivity contribution is -0.171. The van der Waals surface area contributed by atoms with Crippen molar-refractivity contribution in [2.24, 2.45) is 0 Å². The molecule has 0 N–H and O–H groups in total. The predicted molar refractivity (Wildman–Crippen MR) is 151 cm³/mol. The number of anilines is 1. The molecule has 1 unspecified atom stereocenters. The highest BCUT2D eigenvalue weighted by Crippen LogP contribution is 2.27. The predicted octanol–water partition coefficient (Wildman–Crippen LogP) is 6.06. The van der Waals surface area contributed by atoms with Gasteiger partial charge in [0, 0.05) is 18.2 Å². The zero-order valence-electron chi connectivity index (χ0n) is 22.3. The Balaban J connectivity index is 1.68. The zero-order valence-corrected chi connectivity index (χ0v) is 24.1. The molecular formula is C30H33NO5SSi. The number of benzene rings is 2. The van der Waals surface area contributed by atoms with Crippen molar-refractivity contribution in [2.75, 3.05) is 10.9 Å². The molecule has 38 heavy (non-hydrogen) atoms. The van der Waals surface area contributed by atoms with E-state index in [2.05, 4.69) is 43.1 Å². The fourth-order valence-corrected chi connectivity index (χ4v) is 5.51. The quantitative estimate of drug-likeness (QED) is 0.213. The fraction of sp³-hybridized carbons (Fsp3) is 0.333. The largest absolute Gasteiger partial charge is 0.450 e. The average Bonchev–Trinajstić information content (AvgIpc) is 3.35. The second-order valence-electron chi connectivity index (χ2n) is 10.2. The molecule has 198 valence electrons. The Morgan fingerprint density at radius 1 is 1.00 bits per heavy atom. The highest BCUT2D eigenvalue weighted by molar-refractivity contribution is 7.93. The van der Waals surface area contributed by atoms with Crippen LogP contribution in [0.15, 0.2) is 70.0 Å². The molecule has 0 aliphatic carbocycles. The van der Waals surface area contributed by atoms with Crippen LogP contribution in [0.5, 0.6) is 0 Å². The van der Waals surface area contributed by atoms with E-state index in [0.29, 0.717) is 29.4 Å². The Morgan fingerprint density at radius 2 is 1.76 bits per heavy atom. The standard InChI is InChI=1S/C30H33NO5SSi/c1-24-12-16-28(17-13-24)37(32,33)31(29-10-6-5-9-25(29)19-22-38(2,3)4)20-18-26-14-15-27(36-26)23-35-30-11-7-8-21-34-30/h5-6,9-10,12-17,30H,7-8,11,21,23H2,1-4H3. The minimum atomic E-state index is -4.01. The number of hydrogen-bond acceptors (Lipinski definition) is 5. The van der Waals surface area contributed by atoms with Crippen molar-refractivity contribution in [2.45, 2.75) is 63.6 Å². The summed E-state index contributed by atoms with van der Waals surface area (Å²) in [6.07, 6.45) is 2.76. The molecule has 3 aromatic rings. The molecule has 0 radical (unpaired) electrons. The van der Waals surface area contributed by atoms with Gasteiger partial charge < -0.3 is 13.9 Å². The van der Waals surface area contributed by atoms with E-state index in [1.807, 2.05) is 19.1 Å². The molecule has 1 aromatic heterocycles. The van der Waals surface area contributed by atoms with Gasteiger partial charge in [-0.15, -0.1) is 5.54 Å². The number of rotatable bonds is 6. The first-order valence-electron chi connectivity index (χ1n) is 12.7. The minimum Gasteiger partial charge on any atom is -0.450 e. The highest BCUT2D eigenvalue weighted by atomic mass is 32.2. The molecule has 1 fully saturated rings. The number of nitrogens with zero attached hydrogens (tertiary/aromatic N) is 1. The minimum absolute atomic E-state index is 0.145. The number of sulfonamides is 1. The van der Waals surface area contributed by atoms with E-state index < -0.39 is 18.1 Å². The van der Waals surface area contributed by atoms with E-state index >= 15 is 0 Å². The molecule has 2 aromatic carbocycles. The third kappa shape index (κ3) is 7.40. The smallest absolute Gasteiger partial charge is 0.275 e. The summed E-state index contributed by atoms with van der Waals surface area (Å²) in [5.41, 5.74) is 5.29. The summed E-state index contributed by atoms with van der Waals surface area (Å²) in [5.74, 6) is 7.03. The molecule has 1 atom stereocenters. The van der Waals surface area contributed by atoms with Gasteiger partial charge in [0.05, 0.1) is 10.6 Å². The van der Waals surface area contributed by atoms with Gasteiger partial charge in [-0.1, -0.05) is 55.4 Å². The Hall–Kier alpha value is -3.27. The molecule has 1 aliphatic rings. The zero-order chi connectivity index (χ0) is 27.2. The van der Waals surface area contributed by atoms with Crippen LogP contribution >= 0.6 is 0 Å². The Bertz CT molecular complexity index is 1480. The molecule has 2 heterocycles. The van der Waals surface area contributed by atoms with Gasteiger partial charge in [-0.2, -0.15) is 4.31 Å². The number of furan rings is 1. The van der Waals surface area contributed by atoms with Gasteiger partial charge in [0.15, 0.2) is 12.1 Å². The maximum absolute atomic E-state index is 13.8. The van der Waals surface area contributed by atoms with Crippen molar-refractivity contribution < 1.29 is 22.3 Å². The van der Waals surface area contributed by atoms with Gasteiger partial charge in [-0.3, -0.25) is 0 Å². The highest BCUT2D eigenvalue weighted by Gasteiger charge is 2.26. The van der Waals surface area contributed by atoms with Crippen molar-refractivity contribution in [1.29, 1.82) is 0 Å². The first kappa shape index (κ1) is 27.8. The monoisotopic (exact) mass is 547 g/mol. The SMILES string of the molecule is Cc1ccc(S(=O)(=O)N(C#Cc2ccc(COC3CCCCO3)o2)c2ccccc2C#C[Si](C)(C)C)cc1. The van der Waals surface area contributed by atoms with E-state index in [9.17, 15) is 8.42 Å². The molecule has 0 amide bonds. The fourth-order valence-electron chi connectivity index (χ4n) is 3.72. The number of aryl methyl sites for hydroxylation is 1. The number of ether oxygens (including phenoxy) is 2. The van der Waals surface area contributed by atoms with E-state index in [1.165, 1.54) is 0 Å². The molecule has 0 saturated carbocycles. The molecule has 4 rings (SSSR count). The molecule has 6 nitrogen and oxygen atoms in total. The second-order valence-corrected chi connectivity index (χ2v) is 16.7. The Kier molecular flexibility index (Phi) is 8.81. The normalized spacial score (nSPS) is 15.6. The average molecular weight is 548 g/mol. The molecule has 0 bridgehead atoms. The van der Waals surface area contributed by atoms with Gasteiger partial charge >= 0.3 is 0 Å². The van der Waals surface area contributed by atoms with Crippen molar-refractivity contribution in [3.05, 3.63) is 83.3 Å². The van der Waals surface area contributed by atoms with Gasteiger partial charge in [0.2, 0.25) is 0 Å². The van der Waals surface area contributed by atoms with Gasteiger partial charge in [0.1, 0.15) is 20.4 Å². The van der Waals surface area contributed by atoms with E-state index in [-0.39, 0.29) is 17.8 Å². The van der Waals surface area contributed by atoms with Gasteiger partial charge in [0.25, 0.3) is 10.0 Å². The first-order chi connectivity index (χ1) is 18.1. The van der Waals surface area contributed by atoms with Crippen LogP contribution in [0.1, 0.15) is 41.9 Å². The lowest BCUT2D eigenvalue weighted by Gasteiger charge is -2.22.